The topological polar surface area (TPSA) is 68.2 Å². The first-order valence-electron chi connectivity index (χ1n) is 7.85. The van der Waals surface area contributed by atoms with Gasteiger partial charge in [-0.2, -0.15) is 0 Å². The van der Waals surface area contributed by atoms with E-state index >= 15 is 0 Å². The summed E-state index contributed by atoms with van der Waals surface area (Å²) < 4.78 is 2.09. The quantitative estimate of drug-likeness (QED) is 0.565. The molecule has 2 heterocycles. The van der Waals surface area contributed by atoms with Crippen molar-refractivity contribution in [2.45, 2.75) is 6.17 Å². The Morgan fingerprint density at radius 1 is 0.917 bits per heavy atom. The van der Waals surface area contributed by atoms with E-state index in [1.807, 2.05) is 30.3 Å². The number of benzene rings is 3. The second kappa shape index (κ2) is 4.83. The number of hydrogen-bond acceptors (Lipinski definition) is 4. The number of fused-ring (bicyclic) bond motifs is 4. The van der Waals surface area contributed by atoms with Crippen molar-refractivity contribution in [3.8, 4) is 0 Å². The van der Waals surface area contributed by atoms with Gasteiger partial charge in [0.1, 0.15) is 0 Å². The molecule has 1 atom stereocenters. The lowest BCUT2D eigenvalue weighted by molar-refractivity contribution is 0.627. The van der Waals surface area contributed by atoms with E-state index in [-0.39, 0.29) is 6.17 Å². The van der Waals surface area contributed by atoms with Crippen LogP contribution in [-0.4, -0.2) is 15.5 Å². The number of rotatable bonds is 1. The van der Waals surface area contributed by atoms with Crippen molar-refractivity contribution in [2.24, 2.45) is 10.7 Å². The van der Waals surface area contributed by atoms with Crippen molar-refractivity contribution < 1.29 is 0 Å². The number of hydrogen-bond donors (Lipinski definition) is 2. The molecule has 3 aromatic carbocycles. The maximum atomic E-state index is 6.00. The molecule has 0 radical (unpaired) electrons. The maximum Gasteiger partial charge on any atom is 0.212 e. The summed E-state index contributed by atoms with van der Waals surface area (Å²) in [6.07, 6.45) is -0.224. The number of para-hydroxylation sites is 2. The first-order valence-corrected chi connectivity index (χ1v) is 7.85. The van der Waals surface area contributed by atoms with E-state index in [2.05, 4.69) is 56.3 Å². The molecule has 5 heteroatoms. The van der Waals surface area contributed by atoms with Crippen LogP contribution >= 0.6 is 0 Å². The molecule has 116 valence electrons. The van der Waals surface area contributed by atoms with Gasteiger partial charge in [-0.1, -0.05) is 48.5 Å². The zero-order chi connectivity index (χ0) is 16.1. The fourth-order valence-corrected chi connectivity index (χ4v) is 3.31. The molecule has 0 saturated heterocycles. The molecule has 0 aliphatic carbocycles. The molecule has 5 rings (SSSR count). The first kappa shape index (κ1) is 13.1. The number of guanidine groups is 1. The Morgan fingerprint density at radius 2 is 1.71 bits per heavy atom. The monoisotopic (exact) mass is 313 g/mol. The molecule has 3 N–H and O–H groups in total. The van der Waals surface area contributed by atoms with Crippen molar-refractivity contribution in [3.63, 3.8) is 0 Å². The minimum atomic E-state index is -0.224. The zero-order valence-electron chi connectivity index (χ0n) is 12.8. The fourth-order valence-electron chi connectivity index (χ4n) is 3.31. The van der Waals surface area contributed by atoms with Crippen LogP contribution in [-0.2, 0) is 0 Å². The smallest absolute Gasteiger partial charge is 0.212 e. The summed E-state index contributed by atoms with van der Waals surface area (Å²) in [6, 6.07) is 22.7. The Morgan fingerprint density at radius 3 is 2.62 bits per heavy atom. The summed E-state index contributed by atoms with van der Waals surface area (Å²) in [5, 5.41) is 5.46. The Labute approximate surface area is 138 Å². The van der Waals surface area contributed by atoms with Gasteiger partial charge in [-0.25, -0.2) is 9.98 Å². The summed E-state index contributed by atoms with van der Waals surface area (Å²) in [4.78, 5) is 9.26. The van der Waals surface area contributed by atoms with Crippen molar-refractivity contribution in [1.82, 2.24) is 9.55 Å². The highest BCUT2D eigenvalue weighted by molar-refractivity contribution is 5.95. The molecular formula is C19H15N5. The van der Waals surface area contributed by atoms with E-state index in [1.165, 1.54) is 10.8 Å². The van der Waals surface area contributed by atoms with Crippen LogP contribution in [0.15, 0.2) is 71.7 Å². The number of imidazole rings is 1. The van der Waals surface area contributed by atoms with Crippen molar-refractivity contribution in [1.29, 1.82) is 0 Å². The maximum absolute atomic E-state index is 6.00. The van der Waals surface area contributed by atoms with E-state index in [9.17, 15) is 0 Å². The number of aliphatic imine (C=N–C) groups is 1. The highest BCUT2D eigenvalue weighted by atomic mass is 15.4. The van der Waals surface area contributed by atoms with E-state index in [0.717, 1.165) is 22.5 Å². The minimum Gasteiger partial charge on any atom is -0.370 e. The number of anilines is 1. The standard InChI is InChI=1S/C19H15N5/c20-18-22-17(14-10-9-12-5-1-2-6-13(12)11-14)24-16-8-4-3-7-15(16)21-19(24)23-18/h1-11,17H,(H3,20,21,22,23)/t17-/m1/s1. The van der Waals surface area contributed by atoms with Crippen LogP contribution in [0.3, 0.4) is 0 Å². The molecule has 0 fully saturated rings. The van der Waals surface area contributed by atoms with E-state index in [4.69, 9.17) is 5.73 Å². The number of aromatic nitrogens is 2. The SMILES string of the molecule is NC1=N[C@@H](c2ccc3ccccc3c2)n2c(nc3ccccc32)N1. The van der Waals surface area contributed by atoms with Crippen LogP contribution in [0.5, 0.6) is 0 Å². The molecular weight excluding hydrogens is 298 g/mol. The average molecular weight is 313 g/mol. The zero-order valence-corrected chi connectivity index (χ0v) is 12.8. The Bertz CT molecular complexity index is 1110. The number of nitrogens with one attached hydrogen (secondary N) is 1. The minimum absolute atomic E-state index is 0.224. The third kappa shape index (κ3) is 1.88. The van der Waals surface area contributed by atoms with Gasteiger partial charge in [-0.15, -0.1) is 0 Å². The van der Waals surface area contributed by atoms with Crippen LogP contribution in [0.2, 0.25) is 0 Å². The van der Waals surface area contributed by atoms with Gasteiger partial charge in [0.15, 0.2) is 12.1 Å². The summed E-state index contributed by atoms with van der Waals surface area (Å²) in [6.45, 7) is 0. The normalized spacial score (nSPS) is 16.7. The molecule has 0 amide bonds. The summed E-state index contributed by atoms with van der Waals surface area (Å²) >= 11 is 0. The molecule has 1 aliphatic heterocycles. The molecule has 0 saturated carbocycles. The first-order chi connectivity index (χ1) is 11.8. The van der Waals surface area contributed by atoms with E-state index in [1.54, 1.807) is 0 Å². The van der Waals surface area contributed by atoms with Gasteiger partial charge in [0.05, 0.1) is 11.0 Å². The molecule has 0 unspecified atom stereocenters. The number of nitrogens with zero attached hydrogens (tertiary/aromatic N) is 3. The lowest BCUT2D eigenvalue weighted by atomic mass is 10.1. The van der Waals surface area contributed by atoms with Crippen molar-refractivity contribution in [2.75, 3.05) is 5.32 Å². The van der Waals surface area contributed by atoms with E-state index < -0.39 is 0 Å². The second-order valence-electron chi connectivity index (χ2n) is 5.91. The van der Waals surface area contributed by atoms with Crippen molar-refractivity contribution in [3.05, 3.63) is 72.3 Å². The summed E-state index contributed by atoms with van der Waals surface area (Å²) in [5.41, 5.74) is 9.05. The van der Waals surface area contributed by atoms with Crippen LogP contribution in [0.4, 0.5) is 5.95 Å². The molecule has 0 spiro atoms. The highest BCUT2D eigenvalue weighted by Crippen LogP contribution is 2.33. The van der Waals surface area contributed by atoms with Gasteiger partial charge in [-0.3, -0.25) is 9.88 Å². The predicted molar refractivity (Wildman–Crippen MR) is 97.1 cm³/mol. The number of nitrogens with two attached hydrogens (primary N) is 1. The molecule has 0 bridgehead atoms. The molecule has 1 aromatic heterocycles. The van der Waals surface area contributed by atoms with Gasteiger partial charge in [0, 0.05) is 0 Å². The lowest BCUT2D eigenvalue weighted by Gasteiger charge is -2.24. The van der Waals surface area contributed by atoms with Crippen LogP contribution < -0.4 is 11.1 Å². The third-order valence-corrected chi connectivity index (χ3v) is 4.41. The van der Waals surface area contributed by atoms with Gasteiger partial charge in [0.25, 0.3) is 0 Å². The van der Waals surface area contributed by atoms with Gasteiger partial charge < -0.3 is 5.73 Å². The van der Waals surface area contributed by atoms with Crippen LogP contribution in [0.1, 0.15) is 11.7 Å². The largest absolute Gasteiger partial charge is 0.370 e. The summed E-state index contributed by atoms with van der Waals surface area (Å²) in [7, 11) is 0. The van der Waals surface area contributed by atoms with E-state index in [0.29, 0.717) is 5.96 Å². The summed E-state index contributed by atoms with van der Waals surface area (Å²) in [5.74, 6) is 1.11. The highest BCUT2D eigenvalue weighted by Gasteiger charge is 2.24. The van der Waals surface area contributed by atoms with Crippen LogP contribution in [0.25, 0.3) is 21.8 Å². The molecule has 5 nitrogen and oxygen atoms in total. The predicted octanol–water partition coefficient (Wildman–Crippen LogP) is 3.48. The Kier molecular flexibility index (Phi) is 2.64. The Hall–Kier alpha value is -3.34. The van der Waals surface area contributed by atoms with Gasteiger partial charge in [-0.05, 0) is 34.5 Å². The van der Waals surface area contributed by atoms with Crippen LogP contribution in [0, 0.1) is 0 Å². The Balaban J connectivity index is 1.76. The average Bonchev–Trinajstić information content (AvgIpc) is 2.98. The van der Waals surface area contributed by atoms with Gasteiger partial charge in [0.2, 0.25) is 5.95 Å². The molecule has 24 heavy (non-hydrogen) atoms. The second-order valence-corrected chi connectivity index (χ2v) is 5.91. The molecule has 1 aliphatic rings. The third-order valence-electron chi connectivity index (χ3n) is 4.41. The van der Waals surface area contributed by atoms with Gasteiger partial charge >= 0.3 is 0 Å². The lowest BCUT2D eigenvalue weighted by Crippen LogP contribution is -2.31. The molecule has 4 aromatic rings. The fraction of sp³-hybridized carbons (Fsp3) is 0.0526. The van der Waals surface area contributed by atoms with Crippen molar-refractivity contribution >= 4 is 33.7 Å².